The predicted octanol–water partition coefficient (Wildman–Crippen LogP) is 0.396. The second-order valence-corrected chi connectivity index (χ2v) is 3.91. The van der Waals surface area contributed by atoms with Gasteiger partial charge < -0.3 is 0 Å². The lowest BCUT2D eigenvalue weighted by Crippen LogP contribution is -2.14. The number of halogens is 2. The van der Waals surface area contributed by atoms with E-state index < -0.39 is 27.8 Å². The molecule has 0 bridgehead atoms. The molecule has 0 heterocycles. The molecule has 0 aliphatic heterocycles. The van der Waals surface area contributed by atoms with Crippen molar-refractivity contribution in [2.45, 2.75) is 24.0 Å². The standard InChI is InChI=1S/C4H6F2O2S/c1-3(9(7)8)2-4(3,5)6/h9H,2H2,1H3. The quantitative estimate of drug-likeness (QED) is 0.557. The lowest BCUT2D eigenvalue weighted by Gasteiger charge is -1.96. The van der Waals surface area contributed by atoms with Crippen molar-refractivity contribution in [1.29, 1.82) is 0 Å². The molecule has 0 spiro atoms. The molecular weight excluding hydrogens is 150 g/mol. The molecule has 54 valence electrons. The van der Waals surface area contributed by atoms with E-state index in [1.165, 1.54) is 0 Å². The second kappa shape index (κ2) is 1.45. The minimum Gasteiger partial charge on any atom is -0.231 e. The van der Waals surface area contributed by atoms with Crippen molar-refractivity contribution in [1.82, 2.24) is 0 Å². The molecule has 0 amide bonds. The van der Waals surface area contributed by atoms with Crippen LogP contribution in [-0.2, 0) is 10.7 Å². The van der Waals surface area contributed by atoms with Gasteiger partial charge in [-0.1, -0.05) is 0 Å². The molecule has 5 heteroatoms. The first-order valence-corrected chi connectivity index (χ1v) is 3.60. The van der Waals surface area contributed by atoms with E-state index in [2.05, 4.69) is 0 Å². The number of hydrogen-bond donors (Lipinski definition) is 1. The number of hydrogen-bond acceptors (Lipinski definition) is 2. The van der Waals surface area contributed by atoms with Crippen molar-refractivity contribution < 1.29 is 17.2 Å². The van der Waals surface area contributed by atoms with Gasteiger partial charge in [-0.05, 0) is 6.92 Å². The molecule has 1 atom stereocenters. The highest BCUT2D eigenvalue weighted by atomic mass is 32.2. The number of thiol groups is 1. The third-order valence-corrected chi connectivity index (χ3v) is 2.92. The highest BCUT2D eigenvalue weighted by Crippen LogP contribution is 2.54. The maximum Gasteiger partial charge on any atom is 0.268 e. The average molecular weight is 156 g/mol. The van der Waals surface area contributed by atoms with Crippen LogP contribution in [0.3, 0.4) is 0 Å². The number of alkyl halides is 2. The Morgan fingerprint density at radius 2 is 1.78 bits per heavy atom. The smallest absolute Gasteiger partial charge is 0.231 e. The molecule has 9 heavy (non-hydrogen) atoms. The van der Waals surface area contributed by atoms with Crippen LogP contribution in [0.4, 0.5) is 8.78 Å². The van der Waals surface area contributed by atoms with Crippen molar-refractivity contribution in [3.8, 4) is 0 Å². The first-order valence-electron chi connectivity index (χ1n) is 2.42. The summed E-state index contributed by atoms with van der Waals surface area (Å²) in [6.07, 6.45) is -0.515. The second-order valence-electron chi connectivity index (χ2n) is 2.41. The van der Waals surface area contributed by atoms with Crippen molar-refractivity contribution in [2.24, 2.45) is 0 Å². The summed E-state index contributed by atoms with van der Waals surface area (Å²) in [7, 11) is -2.97. The third-order valence-electron chi connectivity index (χ3n) is 1.63. The highest BCUT2D eigenvalue weighted by molar-refractivity contribution is 7.74. The van der Waals surface area contributed by atoms with Crippen LogP contribution < -0.4 is 0 Å². The highest BCUT2D eigenvalue weighted by Gasteiger charge is 2.71. The molecule has 1 fully saturated rings. The van der Waals surface area contributed by atoms with E-state index in [1.54, 1.807) is 0 Å². The summed E-state index contributed by atoms with van der Waals surface area (Å²) in [6, 6.07) is 0. The van der Waals surface area contributed by atoms with Crippen LogP contribution in [0.2, 0.25) is 0 Å². The van der Waals surface area contributed by atoms with Crippen molar-refractivity contribution in [3.63, 3.8) is 0 Å². The maximum absolute atomic E-state index is 12.0. The van der Waals surface area contributed by atoms with E-state index in [1.807, 2.05) is 0 Å². The van der Waals surface area contributed by atoms with Crippen LogP contribution in [0.15, 0.2) is 0 Å². The van der Waals surface area contributed by atoms with E-state index in [0.717, 1.165) is 6.92 Å². The Morgan fingerprint density at radius 1 is 1.44 bits per heavy atom. The van der Waals surface area contributed by atoms with Crippen LogP contribution in [0, 0.1) is 0 Å². The average Bonchev–Trinajstić information content (AvgIpc) is 2.08. The molecule has 0 aromatic carbocycles. The molecule has 1 rings (SSSR count). The predicted molar refractivity (Wildman–Crippen MR) is 28.3 cm³/mol. The molecule has 0 N–H and O–H groups in total. The van der Waals surface area contributed by atoms with Crippen molar-refractivity contribution >= 4 is 10.7 Å². The normalized spacial score (nSPS) is 39.1. The van der Waals surface area contributed by atoms with E-state index >= 15 is 0 Å². The first-order chi connectivity index (χ1) is 3.90. The summed E-state index contributed by atoms with van der Waals surface area (Å²) in [5.74, 6) is -2.97. The summed E-state index contributed by atoms with van der Waals surface area (Å²) in [5.41, 5.74) is 0. The lowest BCUT2D eigenvalue weighted by molar-refractivity contribution is 0.108. The Kier molecular flexibility index (Phi) is 1.11. The topological polar surface area (TPSA) is 34.1 Å². The van der Waals surface area contributed by atoms with Crippen LogP contribution >= 0.6 is 0 Å². The lowest BCUT2D eigenvalue weighted by atomic mass is 10.5. The molecule has 0 aromatic heterocycles. The Bertz CT molecular complexity index is 203. The summed E-state index contributed by atoms with van der Waals surface area (Å²) in [5, 5.41) is 0. The Balaban J connectivity index is 2.86. The molecule has 2 nitrogen and oxygen atoms in total. The Hall–Kier alpha value is -0.190. The Labute approximate surface area is 52.8 Å². The van der Waals surface area contributed by atoms with Gasteiger partial charge in [0.25, 0.3) is 5.92 Å². The minimum absolute atomic E-state index is 0.515. The van der Waals surface area contributed by atoms with Gasteiger partial charge in [-0.3, -0.25) is 0 Å². The van der Waals surface area contributed by atoms with Gasteiger partial charge in [-0.25, -0.2) is 17.2 Å². The fourth-order valence-corrected chi connectivity index (χ4v) is 1.18. The molecule has 0 radical (unpaired) electrons. The molecule has 1 unspecified atom stereocenters. The van der Waals surface area contributed by atoms with Crippen LogP contribution in [0.5, 0.6) is 0 Å². The fraction of sp³-hybridized carbons (Fsp3) is 1.00. The zero-order chi connectivity index (χ0) is 7.28. The molecule has 1 aliphatic rings. The van der Waals surface area contributed by atoms with Gasteiger partial charge in [0.1, 0.15) is 4.75 Å². The monoisotopic (exact) mass is 156 g/mol. The molecule has 1 aliphatic carbocycles. The summed E-state index contributed by atoms with van der Waals surface area (Å²) >= 11 is 0. The molecular formula is C4H6F2O2S. The van der Waals surface area contributed by atoms with E-state index in [-0.39, 0.29) is 0 Å². The van der Waals surface area contributed by atoms with Gasteiger partial charge in [0.05, 0.1) is 0 Å². The third kappa shape index (κ3) is 0.745. The summed E-state index contributed by atoms with van der Waals surface area (Å²) in [4.78, 5) is 0. The Morgan fingerprint density at radius 3 is 1.78 bits per heavy atom. The SMILES string of the molecule is CC1([SH](=O)=O)CC1(F)F. The maximum atomic E-state index is 12.0. The minimum atomic E-state index is -2.97. The van der Waals surface area contributed by atoms with Crippen LogP contribution in [0.25, 0.3) is 0 Å². The van der Waals surface area contributed by atoms with Gasteiger partial charge >= 0.3 is 0 Å². The van der Waals surface area contributed by atoms with Gasteiger partial charge in [-0.15, -0.1) is 0 Å². The van der Waals surface area contributed by atoms with Gasteiger partial charge in [0.2, 0.25) is 0 Å². The summed E-state index contributed by atoms with van der Waals surface area (Å²) < 4.78 is 42.5. The van der Waals surface area contributed by atoms with Crippen LogP contribution in [0.1, 0.15) is 13.3 Å². The van der Waals surface area contributed by atoms with Crippen molar-refractivity contribution in [3.05, 3.63) is 0 Å². The zero-order valence-electron chi connectivity index (χ0n) is 4.73. The largest absolute Gasteiger partial charge is 0.268 e. The molecule has 0 aromatic rings. The van der Waals surface area contributed by atoms with Crippen molar-refractivity contribution in [2.75, 3.05) is 0 Å². The van der Waals surface area contributed by atoms with E-state index in [0.29, 0.717) is 0 Å². The van der Waals surface area contributed by atoms with Crippen LogP contribution in [-0.4, -0.2) is 19.1 Å². The van der Waals surface area contributed by atoms with Gasteiger partial charge in [0, 0.05) is 6.42 Å². The van der Waals surface area contributed by atoms with Gasteiger partial charge in [0.15, 0.2) is 10.7 Å². The molecule has 0 saturated heterocycles. The zero-order valence-corrected chi connectivity index (χ0v) is 5.62. The first kappa shape index (κ1) is 6.92. The molecule has 1 saturated carbocycles. The number of rotatable bonds is 1. The van der Waals surface area contributed by atoms with E-state index in [4.69, 9.17) is 0 Å². The van der Waals surface area contributed by atoms with Gasteiger partial charge in [-0.2, -0.15) is 0 Å². The summed E-state index contributed by atoms with van der Waals surface area (Å²) in [6.45, 7) is 1.05. The van der Waals surface area contributed by atoms with E-state index in [9.17, 15) is 17.2 Å². The fourth-order valence-electron chi connectivity index (χ4n) is 0.586.